The molecule has 0 unspecified atom stereocenters. The second kappa shape index (κ2) is 3.25. The Hall–Kier alpha value is -0.870. The van der Waals surface area contributed by atoms with Gasteiger partial charge >= 0.3 is 6.03 Å². The predicted octanol–water partition coefficient (Wildman–Crippen LogP) is 1.23. The summed E-state index contributed by atoms with van der Waals surface area (Å²) in [6.45, 7) is 0. The van der Waals surface area contributed by atoms with E-state index in [9.17, 15) is 13.6 Å². The quantitative estimate of drug-likeness (QED) is 0.656. The first-order chi connectivity index (χ1) is 5.57. The molecule has 0 radical (unpaired) electrons. The lowest BCUT2D eigenvalue weighted by atomic mass is 9.99. The number of carbonyl (C=O) groups is 1. The van der Waals surface area contributed by atoms with E-state index in [1.54, 1.807) is 0 Å². The smallest absolute Gasteiger partial charge is 0.312 e. The zero-order valence-corrected chi connectivity index (χ0v) is 6.65. The van der Waals surface area contributed by atoms with E-state index < -0.39 is 18.0 Å². The largest absolute Gasteiger partial charge is 0.352 e. The highest BCUT2D eigenvalue weighted by Gasteiger charge is 2.43. The molecule has 0 bridgehead atoms. The van der Waals surface area contributed by atoms with Crippen LogP contribution >= 0.6 is 0 Å². The van der Waals surface area contributed by atoms with E-state index in [2.05, 4.69) is 5.32 Å². The van der Waals surface area contributed by atoms with Gasteiger partial charge in [-0.2, -0.15) is 0 Å². The molecule has 0 aromatic heterocycles. The van der Waals surface area contributed by atoms with Gasteiger partial charge in [0, 0.05) is 0 Å². The molecule has 1 rings (SSSR count). The standard InChI is InChI=1S/C7H12F2N2O/c8-5(9)7(11-6(10)12)3-1-2-4-7/h5H,1-4H2,(H3,10,11,12). The monoisotopic (exact) mass is 178 g/mol. The summed E-state index contributed by atoms with van der Waals surface area (Å²) in [7, 11) is 0. The second-order valence-corrected chi connectivity index (χ2v) is 3.15. The first-order valence-corrected chi connectivity index (χ1v) is 3.93. The molecule has 0 atom stereocenters. The van der Waals surface area contributed by atoms with Crippen molar-refractivity contribution >= 4 is 6.03 Å². The lowest BCUT2D eigenvalue weighted by Gasteiger charge is -2.28. The van der Waals surface area contributed by atoms with Gasteiger partial charge in [-0.3, -0.25) is 0 Å². The minimum atomic E-state index is -2.52. The minimum Gasteiger partial charge on any atom is -0.352 e. The molecule has 3 N–H and O–H groups in total. The SMILES string of the molecule is NC(=O)NC1(C(F)F)CCCC1. The number of hydrogen-bond donors (Lipinski definition) is 2. The van der Waals surface area contributed by atoms with Crippen molar-refractivity contribution in [3.8, 4) is 0 Å². The van der Waals surface area contributed by atoms with Crippen LogP contribution in [0.2, 0.25) is 0 Å². The molecule has 1 aliphatic carbocycles. The van der Waals surface area contributed by atoms with Crippen LogP contribution in [0.1, 0.15) is 25.7 Å². The maximum Gasteiger partial charge on any atom is 0.312 e. The Balaban J connectivity index is 2.65. The molecule has 1 fully saturated rings. The first-order valence-electron chi connectivity index (χ1n) is 3.93. The van der Waals surface area contributed by atoms with Gasteiger partial charge in [0.05, 0.1) is 0 Å². The van der Waals surface area contributed by atoms with E-state index in [1.165, 1.54) is 0 Å². The van der Waals surface area contributed by atoms with E-state index in [0.29, 0.717) is 12.8 Å². The Morgan fingerprint density at radius 3 is 2.25 bits per heavy atom. The summed E-state index contributed by atoms with van der Waals surface area (Å²) in [6.07, 6.45) is -0.413. The van der Waals surface area contributed by atoms with Crippen LogP contribution in [0.5, 0.6) is 0 Å². The number of alkyl halides is 2. The third-order valence-corrected chi connectivity index (χ3v) is 2.29. The van der Waals surface area contributed by atoms with Crippen LogP contribution in [0, 0.1) is 0 Å². The van der Waals surface area contributed by atoms with E-state index in [-0.39, 0.29) is 0 Å². The summed E-state index contributed by atoms with van der Waals surface area (Å²) >= 11 is 0. The van der Waals surface area contributed by atoms with Gasteiger partial charge in [0.25, 0.3) is 6.43 Å². The maximum atomic E-state index is 12.5. The van der Waals surface area contributed by atoms with Gasteiger partial charge in [0.2, 0.25) is 0 Å². The van der Waals surface area contributed by atoms with Crippen molar-refractivity contribution in [2.45, 2.75) is 37.6 Å². The fraction of sp³-hybridized carbons (Fsp3) is 0.857. The van der Waals surface area contributed by atoms with Crippen molar-refractivity contribution < 1.29 is 13.6 Å². The van der Waals surface area contributed by atoms with Crippen LogP contribution in [0.15, 0.2) is 0 Å². The fourth-order valence-electron chi connectivity index (χ4n) is 1.65. The highest BCUT2D eigenvalue weighted by Crippen LogP contribution is 2.34. The number of amides is 2. The molecule has 0 heterocycles. The predicted molar refractivity (Wildman–Crippen MR) is 39.9 cm³/mol. The summed E-state index contributed by atoms with van der Waals surface area (Å²) < 4.78 is 25.0. The number of carbonyl (C=O) groups excluding carboxylic acids is 1. The number of rotatable bonds is 2. The topological polar surface area (TPSA) is 55.1 Å². The molecule has 0 saturated heterocycles. The van der Waals surface area contributed by atoms with Crippen LogP contribution in [0.4, 0.5) is 13.6 Å². The summed E-state index contributed by atoms with van der Waals surface area (Å²) in [6, 6.07) is -0.864. The van der Waals surface area contributed by atoms with Gasteiger partial charge in [0.15, 0.2) is 0 Å². The summed E-state index contributed by atoms with van der Waals surface area (Å²) in [4.78, 5) is 10.4. The van der Waals surface area contributed by atoms with Crippen LogP contribution in [0.3, 0.4) is 0 Å². The van der Waals surface area contributed by atoms with E-state index in [4.69, 9.17) is 5.73 Å². The van der Waals surface area contributed by atoms with Crippen molar-refractivity contribution in [3.63, 3.8) is 0 Å². The zero-order valence-electron chi connectivity index (χ0n) is 6.65. The Kier molecular flexibility index (Phi) is 2.49. The number of hydrogen-bond acceptors (Lipinski definition) is 1. The number of urea groups is 1. The van der Waals surface area contributed by atoms with Crippen molar-refractivity contribution in [1.29, 1.82) is 0 Å². The molecule has 2 amide bonds. The molecule has 0 aromatic carbocycles. The van der Waals surface area contributed by atoms with Crippen molar-refractivity contribution in [2.75, 3.05) is 0 Å². The molecule has 70 valence electrons. The number of nitrogens with one attached hydrogen (secondary N) is 1. The van der Waals surface area contributed by atoms with Crippen LogP contribution in [0.25, 0.3) is 0 Å². The second-order valence-electron chi connectivity index (χ2n) is 3.15. The molecular formula is C7H12F2N2O. The molecule has 5 heteroatoms. The number of nitrogens with two attached hydrogens (primary N) is 1. The van der Waals surface area contributed by atoms with E-state index >= 15 is 0 Å². The van der Waals surface area contributed by atoms with Crippen molar-refractivity contribution in [2.24, 2.45) is 5.73 Å². The molecule has 12 heavy (non-hydrogen) atoms. The maximum absolute atomic E-state index is 12.5. The average molecular weight is 178 g/mol. The molecule has 0 aliphatic heterocycles. The third-order valence-electron chi connectivity index (χ3n) is 2.29. The lowest BCUT2D eigenvalue weighted by molar-refractivity contribution is 0.0404. The first kappa shape index (κ1) is 9.22. The van der Waals surface area contributed by atoms with Gasteiger partial charge in [-0.25, -0.2) is 13.6 Å². The molecule has 0 aromatic rings. The highest BCUT2D eigenvalue weighted by molar-refractivity contribution is 5.72. The number of primary amides is 1. The number of halogens is 2. The average Bonchev–Trinajstić information content (AvgIpc) is 2.35. The molecule has 1 saturated carbocycles. The van der Waals surface area contributed by atoms with Crippen LogP contribution in [-0.4, -0.2) is 18.0 Å². The Morgan fingerprint density at radius 1 is 1.42 bits per heavy atom. The molecule has 1 aliphatic rings. The van der Waals surface area contributed by atoms with Crippen LogP contribution in [-0.2, 0) is 0 Å². The highest BCUT2D eigenvalue weighted by atomic mass is 19.3. The molecule has 0 spiro atoms. The van der Waals surface area contributed by atoms with Crippen molar-refractivity contribution in [1.82, 2.24) is 5.32 Å². The van der Waals surface area contributed by atoms with Crippen LogP contribution < -0.4 is 11.1 Å². The van der Waals surface area contributed by atoms with E-state index in [1.807, 2.05) is 0 Å². The lowest BCUT2D eigenvalue weighted by Crippen LogP contribution is -2.53. The van der Waals surface area contributed by atoms with E-state index in [0.717, 1.165) is 12.8 Å². The molecule has 3 nitrogen and oxygen atoms in total. The normalized spacial score (nSPS) is 21.2. The van der Waals surface area contributed by atoms with Gasteiger partial charge in [-0.15, -0.1) is 0 Å². The Labute approximate surface area is 69.3 Å². The van der Waals surface area contributed by atoms with Gasteiger partial charge in [0.1, 0.15) is 5.54 Å². The van der Waals surface area contributed by atoms with Gasteiger partial charge in [-0.05, 0) is 12.8 Å². The fourth-order valence-corrected chi connectivity index (χ4v) is 1.65. The summed E-state index contributed by atoms with van der Waals surface area (Å²) in [5.41, 5.74) is 3.47. The Bertz CT molecular complexity index is 178. The summed E-state index contributed by atoms with van der Waals surface area (Å²) in [5, 5.41) is 2.14. The molecular weight excluding hydrogens is 166 g/mol. The summed E-state index contributed by atoms with van der Waals surface area (Å²) in [5.74, 6) is 0. The Morgan fingerprint density at radius 2 is 1.92 bits per heavy atom. The van der Waals surface area contributed by atoms with Gasteiger partial charge < -0.3 is 11.1 Å². The third kappa shape index (κ3) is 1.65. The zero-order chi connectivity index (χ0) is 9.19. The van der Waals surface area contributed by atoms with Crippen molar-refractivity contribution in [3.05, 3.63) is 0 Å². The van der Waals surface area contributed by atoms with Gasteiger partial charge in [-0.1, -0.05) is 12.8 Å². The minimum absolute atomic E-state index is 0.327.